The summed E-state index contributed by atoms with van der Waals surface area (Å²) in [5.74, 6) is 1.56. The average molecular weight is 266 g/mol. The van der Waals surface area contributed by atoms with Crippen LogP contribution in [0.25, 0.3) is 0 Å². The molecule has 1 fully saturated rings. The molecule has 0 spiro atoms. The minimum Gasteiger partial charge on any atom is -0.492 e. The van der Waals surface area contributed by atoms with Gasteiger partial charge in [0.25, 0.3) is 0 Å². The predicted molar refractivity (Wildman–Crippen MR) is 61.7 cm³/mol. The Morgan fingerprint density at radius 2 is 2.27 bits per heavy atom. The summed E-state index contributed by atoms with van der Waals surface area (Å²) in [6.07, 6.45) is 3.80. The van der Waals surface area contributed by atoms with Crippen molar-refractivity contribution in [2.75, 3.05) is 6.61 Å². The van der Waals surface area contributed by atoms with Gasteiger partial charge < -0.3 is 4.74 Å². The van der Waals surface area contributed by atoms with Gasteiger partial charge in [-0.05, 0) is 30.5 Å². The Kier molecular flexibility index (Phi) is 3.27. The Bertz CT molecular complexity index is 393. The van der Waals surface area contributed by atoms with Gasteiger partial charge in [0.05, 0.1) is 12.2 Å². The van der Waals surface area contributed by atoms with Crippen LogP contribution in [0.3, 0.4) is 0 Å². The SMILES string of the molecule is N#Cc1cc(Br)ccc1OCCC1CC1. The maximum atomic E-state index is 8.91. The van der Waals surface area contributed by atoms with Crippen LogP contribution in [-0.4, -0.2) is 6.61 Å². The Morgan fingerprint density at radius 3 is 2.93 bits per heavy atom. The fourth-order valence-corrected chi connectivity index (χ4v) is 1.82. The number of nitriles is 1. The predicted octanol–water partition coefficient (Wildman–Crippen LogP) is 3.50. The first-order valence-corrected chi connectivity index (χ1v) is 5.91. The van der Waals surface area contributed by atoms with Gasteiger partial charge in [0.15, 0.2) is 0 Å². The van der Waals surface area contributed by atoms with Crippen LogP contribution in [0.2, 0.25) is 0 Å². The van der Waals surface area contributed by atoms with Crippen LogP contribution in [0.4, 0.5) is 0 Å². The van der Waals surface area contributed by atoms with E-state index in [0.717, 1.165) is 23.4 Å². The van der Waals surface area contributed by atoms with Crippen LogP contribution in [0, 0.1) is 17.2 Å². The summed E-state index contributed by atoms with van der Waals surface area (Å²) >= 11 is 3.33. The Hall–Kier alpha value is -1.01. The number of rotatable bonds is 4. The van der Waals surface area contributed by atoms with Gasteiger partial charge in [-0.25, -0.2) is 0 Å². The van der Waals surface area contributed by atoms with E-state index in [1.54, 1.807) is 6.07 Å². The van der Waals surface area contributed by atoms with E-state index in [2.05, 4.69) is 22.0 Å². The summed E-state index contributed by atoms with van der Waals surface area (Å²) < 4.78 is 6.50. The summed E-state index contributed by atoms with van der Waals surface area (Å²) in [5, 5.41) is 8.91. The van der Waals surface area contributed by atoms with Crippen molar-refractivity contribution >= 4 is 15.9 Å². The topological polar surface area (TPSA) is 33.0 Å². The van der Waals surface area contributed by atoms with Crippen LogP contribution < -0.4 is 4.74 Å². The van der Waals surface area contributed by atoms with Crippen molar-refractivity contribution in [1.29, 1.82) is 5.26 Å². The van der Waals surface area contributed by atoms with Crippen LogP contribution in [-0.2, 0) is 0 Å². The lowest BCUT2D eigenvalue weighted by atomic mass is 10.2. The maximum Gasteiger partial charge on any atom is 0.137 e. The molecule has 0 unspecified atom stereocenters. The number of nitrogens with zero attached hydrogens (tertiary/aromatic N) is 1. The van der Waals surface area contributed by atoms with Crippen molar-refractivity contribution in [2.45, 2.75) is 19.3 Å². The maximum absolute atomic E-state index is 8.91. The molecule has 3 heteroatoms. The molecule has 0 atom stereocenters. The van der Waals surface area contributed by atoms with E-state index in [0.29, 0.717) is 11.3 Å². The molecule has 2 nitrogen and oxygen atoms in total. The lowest BCUT2D eigenvalue weighted by Gasteiger charge is -2.07. The second-order valence-electron chi connectivity index (χ2n) is 3.83. The van der Waals surface area contributed by atoms with Crippen LogP contribution in [0.1, 0.15) is 24.8 Å². The van der Waals surface area contributed by atoms with Gasteiger partial charge in [-0.15, -0.1) is 0 Å². The monoisotopic (exact) mass is 265 g/mol. The molecule has 1 aliphatic rings. The largest absolute Gasteiger partial charge is 0.492 e. The molecule has 0 N–H and O–H groups in total. The highest BCUT2D eigenvalue weighted by Crippen LogP contribution is 2.32. The minimum absolute atomic E-state index is 0.597. The molecular weight excluding hydrogens is 254 g/mol. The molecule has 1 aromatic carbocycles. The lowest BCUT2D eigenvalue weighted by molar-refractivity contribution is 0.301. The van der Waals surface area contributed by atoms with Gasteiger partial charge >= 0.3 is 0 Å². The van der Waals surface area contributed by atoms with E-state index in [-0.39, 0.29) is 0 Å². The van der Waals surface area contributed by atoms with Crippen molar-refractivity contribution in [1.82, 2.24) is 0 Å². The molecule has 1 saturated carbocycles. The Morgan fingerprint density at radius 1 is 1.47 bits per heavy atom. The molecule has 0 aliphatic heterocycles. The van der Waals surface area contributed by atoms with Crippen molar-refractivity contribution in [2.24, 2.45) is 5.92 Å². The summed E-state index contributed by atoms with van der Waals surface area (Å²) in [5.41, 5.74) is 0.597. The number of hydrogen-bond donors (Lipinski definition) is 0. The highest BCUT2D eigenvalue weighted by atomic mass is 79.9. The fourth-order valence-electron chi connectivity index (χ4n) is 1.46. The van der Waals surface area contributed by atoms with Crippen molar-refractivity contribution < 1.29 is 4.74 Å². The van der Waals surface area contributed by atoms with E-state index < -0.39 is 0 Å². The number of benzene rings is 1. The highest BCUT2D eigenvalue weighted by Gasteiger charge is 2.20. The number of halogens is 1. The van der Waals surface area contributed by atoms with Crippen molar-refractivity contribution in [3.05, 3.63) is 28.2 Å². The molecule has 0 saturated heterocycles. The van der Waals surface area contributed by atoms with E-state index >= 15 is 0 Å². The van der Waals surface area contributed by atoms with Crippen molar-refractivity contribution in [3.8, 4) is 11.8 Å². The third-order valence-electron chi connectivity index (χ3n) is 2.54. The zero-order valence-corrected chi connectivity index (χ0v) is 9.96. The van der Waals surface area contributed by atoms with Crippen molar-refractivity contribution in [3.63, 3.8) is 0 Å². The van der Waals surface area contributed by atoms with Gasteiger partial charge in [0.2, 0.25) is 0 Å². The van der Waals surface area contributed by atoms with Crippen LogP contribution in [0.15, 0.2) is 22.7 Å². The highest BCUT2D eigenvalue weighted by molar-refractivity contribution is 9.10. The second-order valence-corrected chi connectivity index (χ2v) is 4.75. The average Bonchev–Trinajstić information content (AvgIpc) is 3.04. The van der Waals surface area contributed by atoms with Gasteiger partial charge in [0, 0.05) is 4.47 Å². The Balaban J connectivity index is 1.96. The first-order chi connectivity index (χ1) is 7.29. The molecule has 15 heavy (non-hydrogen) atoms. The van der Waals surface area contributed by atoms with Gasteiger partial charge in [0.1, 0.15) is 11.8 Å². The zero-order chi connectivity index (χ0) is 10.7. The molecule has 0 radical (unpaired) electrons. The zero-order valence-electron chi connectivity index (χ0n) is 8.37. The molecule has 78 valence electrons. The lowest BCUT2D eigenvalue weighted by Crippen LogP contribution is -1.99. The first-order valence-electron chi connectivity index (χ1n) is 5.12. The summed E-state index contributed by atoms with van der Waals surface area (Å²) in [7, 11) is 0. The standard InChI is InChI=1S/C12H12BrNO/c13-11-3-4-12(10(7-11)8-14)15-6-5-9-1-2-9/h3-4,7,9H,1-2,5-6H2. The van der Waals surface area contributed by atoms with Gasteiger partial charge in [-0.3, -0.25) is 0 Å². The molecule has 1 aliphatic carbocycles. The van der Waals surface area contributed by atoms with E-state index in [4.69, 9.17) is 10.00 Å². The summed E-state index contributed by atoms with van der Waals surface area (Å²) in [6, 6.07) is 7.66. The summed E-state index contributed by atoms with van der Waals surface area (Å²) in [6.45, 7) is 0.723. The van der Waals surface area contributed by atoms with Crippen LogP contribution >= 0.6 is 15.9 Å². The molecule has 1 aromatic rings. The molecule has 0 bridgehead atoms. The third-order valence-corrected chi connectivity index (χ3v) is 3.04. The molecule has 2 rings (SSSR count). The summed E-state index contributed by atoms with van der Waals surface area (Å²) in [4.78, 5) is 0. The number of hydrogen-bond acceptors (Lipinski definition) is 2. The smallest absolute Gasteiger partial charge is 0.137 e. The van der Waals surface area contributed by atoms with E-state index in [1.807, 2.05) is 12.1 Å². The second kappa shape index (κ2) is 4.67. The van der Waals surface area contributed by atoms with E-state index in [1.165, 1.54) is 12.8 Å². The van der Waals surface area contributed by atoms with Gasteiger partial charge in [-0.1, -0.05) is 28.8 Å². The van der Waals surface area contributed by atoms with E-state index in [9.17, 15) is 0 Å². The van der Waals surface area contributed by atoms with Crippen LogP contribution in [0.5, 0.6) is 5.75 Å². The molecule has 0 heterocycles. The van der Waals surface area contributed by atoms with Gasteiger partial charge in [-0.2, -0.15) is 5.26 Å². The quantitative estimate of drug-likeness (QED) is 0.835. The normalized spacial score (nSPS) is 14.7. The molecular formula is C12H12BrNO. The third kappa shape index (κ3) is 2.97. The molecule has 0 aromatic heterocycles. The molecule has 0 amide bonds. The number of ether oxygens (including phenoxy) is 1. The minimum atomic E-state index is 0.597. The Labute approximate surface area is 98.0 Å². The fraction of sp³-hybridized carbons (Fsp3) is 0.417. The first kappa shape index (κ1) is 10.5.